The van der Waals surface area contributed by atoms with Gasteiger partial charge in [0.25, 0.3) is 5.56 Å². The average Bonchev–Trinajstić information content (AvgIpc) is 2.79. The van der Waals surface area contributed by atoms with Crippen molar-refractivity contribution in [2.45, 2.75) is 39.2 Å². The zero-order chi connectivity index (χ0) is 25.2. The standard InChI is InChI=1S/C22H20Br2N4O6/c1-4-11(2)20-26-17-6-5-14(23)9-15(17)21(29)27(20)25-10-13-7-16(24)19(18(8-13)28(32)33)34-12(3)22(30)31/h5-12H,4H2,1-3H3,(H,30,31)/t11-,12+/m1/s1. The van der Waals surface area contributed by atoms with Crippen LogP contribution in [0.25, 0.3) is 10.9 Å². The summed E-state index contributed by atoms with van der Waals surface area (Å²) in [5.74, 6) is -1.10. The van der Waals surface area contributed by atoms with Gasteiger partial charge in [0.2, 0.25) is 5.75 Å². The lowest BCUT2D eigenvalue weighted by Crippen LogP contribution is -2.24. The number of hydrogen-bond donors (Lipinski definition) is 1. The van der Waals surface area contributed by atoms with E-state index in [9.17, 15) is 19.7 Å². The molecular formula is C22H20Br2N4O6. The smallest absolute Gasteiger partial charge is 0.344 e. The summed E-state index contributed by atoms with van der Waals surface area (Å²) in [4.78, 5) is 39.9. The monoisotopic (exact) mass is 594 g/mol. The molecule has 3 aromatic rings. The fourth-order valence-electron chi connectivity index (χ4n) is 3.06. The summed E-state index contributed by atoms with van der Waals surface area (Å²) in [6, 6.07) is 7.89. The van der Waals surface area contributed by atoms with E-state index in [1.807, 2.05) is 13.8 Å². The van der Waals surface area contributed by atoms with Gasteiger partial charge in [0.15, 0.2) is 6.10 Å². The summed E-state index contributed by atoms with van der Waals surface area (Å²) in [6.07, 6.45) is 0.727. The first-order chi connectivity index (χ1) is 16.0. The number of fused-ring (bicyclic) bond motifs is 1. The van der Waals surface area contributed by atoms with Crippen LogP contribution >= 0.6 is 31.9 Å². The molecule has 34 heavy (non-hydrogen) atoms. The molecule has 0 amide bonds. The fourth-order valence-corrected chi connectivity index (χ4v) is 3.98. The highest BCUT2D eigenvalue weighted by molar-refractivity contribution is 9.10. The van der Waals surface area contributed by atoms with Gasteiger partial charge in [-0.2, -0.15) is 9.78 Å². The molecule has 1 N–H and O–H groups in total. The second-order valence-electron chi connectivity index (χ2n) is 7.51. The van der Waals surface area contributed by atoms with Gasteiger partial charge in [-0.05, 0) is 53.5 Å². The van der Waals surface area contributed by atoms with Gasteiger partial charge in [-0.25, -0.2) is 9.78 Å². The van der Waals surface area contributed by atoms with Gasteiger partial charge in [-0.15, -0.1) is 0 Å². The number of nitro groups is 1. The number of aliphatic carboxylic acids is 1. The van der Waals surface area contributed by atoms with Gasteiger partial charge < -0.3 is 9.84 Å². The van der Waals surface area contributed by atoms with Gasteiger partial charge in [0.1, 0.15) is 5.82 Å². The van der Waals surface area contributed by atoms with Crippen LogP contribution in [-0.4, -0.2) is 38.0 Å². The van der Waals surface area contributed by atoms with Gasteiger partial charge in [-0.1, -0.05) is 29.8 Å². The maximum atomic E-state index is 13.2. The number of halogens is 2. The van der Waals surface area contributed by atoms with Gasteiger partial charge in [0.05, 0.1) is 26.5 Å². The number of benzene rings is 2. The first-order valence-electron chi connectivity index (χ1n) is 10.2. The van der Waals surface area contributed by atoms with Crippen molar-refractivity contribution in [3.05, 3.63) is 71.1 Å². The van der Waals surface area contributed by atoms with Crippen LogP contribution in [0.3, 0.4) is 0 Å². The molecule has 178 valence electrons. The lowest BCUT2D eigenvalue weighted by molar-refractivity contribution is -0.386. The minimum atomic E-state index is -1.30. The Morgan fingerprint density at radius 3 is 2.65 bits per heavy atom. The van der Waals surface area contributed by atoms with Crippen molar-refractivity contribution in [2.75, 3.05) is 0 Å². The third kappa shape index (κ3) is 5.33. The van der Waals surface area contributed by atoms with Crippen molar-refractivity contribution >= 4 is 60.6 Å². The van der Waals surface area contributed by atoms with Crippen LogP contribution in [-0.2, 0) is 4.79 Å². The maximum Gasteiger partial charge on any atom is 0.344 e. The minimum Gasteiger partial charge on any atom is -0.479 e. The van der Waals surface area contributed by atoms with Crippen LogP contribution in [0.4, 0.5) is 5.69 Å². The normalized spacial score (nSPS) is 13.2. The molecule has 0 saturated carbocycles. The second-order valence-corrected chi connectivity index (χ2v) is 9.28. The molecule has 2 aromatic carbocycles. The lowest BCUT2D eigenvalue weighted by atomic mass is 10.1. The van der Waals surface area contributed by atoms with Crippen LogP contribution < -0.4 is 10.3 Å². The quantitative estimate of drug-likeness (QED) is 0.218. The Hall–Kier alpha value is -3.12. The largest absolute Gasteiger partial charge is 0.479 e. The Kier molecular flexibility index (Phi) is 7.82. The summed E-state index contributed by atoms with van der Waals surface area (Å²) >= 11 is 6.56. The highest BCUT2D eigenvalue weighted by Gasteiger charge is 2.24. The molecule has 10 nitrogen and oxygen atoms in total. The summed E-state index contributed by atoms with van der Waals surface area (Å²) < 4.78 is 7.34. The van der Waals surface area contributed by atoms with E-state index in [0.717, 1.165) is 10.9 Å². The van der Waals surface area contributed by atoms with E-state index in [4.69, 9.17) is 9.84 Å². The number of rotatable bonds is 8. The zero-order valence-corrected chi connectivity index (χ0v) is 21.5. The molecule has 2 atom stereocenters. The van der Waals surface area contributed by atoms with Gasteiger partial charge in [-0.3, -0.25) is 14.9 Å². The van der Waals surface area contributed by atoms with E-state index >= 15 is 0 Å². The summed E-state index contributed by atoms with van der Waals surface area (Å²) in [7, 11) is 0. The summed E-state index contributed by atoms with van der Waals surface area (Å²) in [5, 5.41) is 25.4. The van der Waals surface area contributed by atoms with E-state index in [2.05, 4.69) is 41.9 Å². The predicted octanol–water partition coefficient (Wildman–Crippen LogP) is 5.08. The van der Waals surface area contributed by atoms with Gasteiger partial charge >= 0.3 is 11.7 Å². The highest BCUT2D eigenvalue weighted by atomic mass is 79.9. The van der Waals surface area contributed by atoms with Crippen LogP contribution in [0.2, 0.25) is 0 Å². The summed E-state index contributed by atoms with van der Waals surface area (Å²) in [6.45, 7) is 5.16. The van der Waals surface area contributed by atoms with E-state index in [-0.39, 0.29) is 21.7 Å². The Morgan fingerprint density at radius 1 is 1.32 bits per heavy atom. The zero-order valence-electron chi connectivity index (χ0n) is 18.4. The average molecular weight is 596 g/mol. The third-order valence-electron chi connectivity index (χ3n) is 5.09. The molecule has 0 unspecified atom stereocenters. The van der Waals surface area contributed by atoms with Crippen LogP contribution in [0, 0.1) is 10.1 Å². The lowest BCUT2D eigenvalue weighted by Gasteiger charge is -2.14. The molecule has 12 heteroatoms. The van der Waals surface area contributed by atoms with Crippen LogP contribution in [0.5, 0.6) is 5.75 Å². The molecule has 0 aliphatic heterocycles. The van der Waals surface area contributed by atoms with E-state index in [0.29, 0.717) is 22.3 Å². The Morgan fingerprint density at radius 2 is 2.03 bits per heavy atom. The van der Waals surface area contributed by atoms with Crippen molar-refractivity contribution in [1.29, 1.82) is 0 Å². The number of ether oxygens (including phenoxy) is 1. The number of nitrogens with zero attached hydrogens (tertiary/aromatic N) is 4. The number of hydrogen-bond acceptors (Lipinski definition) is 7. The molecule has 0 saturated heterocycles. The van der Waals surface area contributed by atoms with E-state index < -0.39 is 22.7 Å². The molecule has 0 fully saturated rings. The number of aromatic nitrogens is 2. The molecule has 3 rings (SSSR count). The number of nitro benzene ring substituents is 1. The maximum absolute atomic E-state index is 13.2. The molecule has 0 spiro atoms. The van der Waals surface area contributed by atoms with Crippen molar-refractivity contribution in [3.8, 4) is 5.75 Å². The second kappa shape index (κ2) is 10.4. The highest BCUT2D eigenvalue weighted by Crippen LogP contribution is 2.37. The molecule has 0 aliphatic rings. The number of carboxylic acids is 1. The van der Waals surface area contributed by atoms with Crippen molar-refractivity contribution in [1.82, 2.24) is 9.66 Å². The van der Waals surface area contributed by atoms with E-state index in [1.54, 1.807) is 18.2 Å². The van der Waals surface area contributed by atoms with Gasteiger partial charge in [0, 0.05) is 22.0 Å². The number of carboxylic acid groups (broad SMARTS) is 1. The topological polar surface area (TPSA) is 137 Å². The number of carbonyl (C=O) groups is 1. The predicted molar refractivity (Wildman–Crippen MR) is 134 cm³/mol. The van der Waals surface area contributed by atoms with Crippen LogP contribution in [0.1, 0.15) is 44.5 Å². The molecule has 0 radical (unpaired) electrons. The Balaban J connectivity index is 2.14. The molecule has 0 bridgehead atoms. The first-order valence-corrected chi connectivity index (χ1v) is 11.8. The molecule has 1 heterocycles. The third-order valence-corrected chi connectivity index (χ3v) is 6.18. The van der Waals surface area contributed by atoms with Crippen molar-refractivity contribution in [3.63, 3.8) is 0 Å². The Labute approximate surface area is 210 Å². The minimum absolute atomic E-state index is 0.0766. The Bertz CT molecular complexity index is 1370. The SMILES string of the molecule is CC[C@@H](C)c1nc2ccc(Br)cc2c(=O)n1N=Cc1cc(Br)c(O[C@@H](C)C(=O)O)c([N+](=O)[O-])c1. The van der Waals surface area contributed by atoms with E-state index in [1.165, 1.54) is 29.9 Å². The summed E-state index contributed by atoms with van der Waals surface area (Å²) in [5.41, 5.74) is 0.0215. The molecular weight excluding hydrogens is 576 g/mol. The van der Waals surface area contributed by atoms with Crippen LogP contribution in [0.15, 0.2) is 49.2 Å². The molecule has 1 aromatic heterocycles. The molecule has 0 aliphatic carbocycles. The fraction of sp³-hybridized carbons (Fsp3) is 0.273. The van der Waals surface area contributed by atoms with Crippen molar-refractivity contribution < 1.29 is 19.6 Å². The van der Waals surface area contributed by atoms with Crippen molar-refractivity contribution in [2.24, 2.45) is 5.10 Å². The first kappa shape index (κ1) is 25.5.